The lowest BCUT2D eigenvalue weighted by atomic mass is 10.1. The van der Waals surface area contributed by atoms with Gasteiger partial charge in [-0.2, -0.15) is 0 Å². The summed E-state index contributed by atoms with van der Waals surface area (Å²) in [6, 6.07) is 2.64. The van der Waals surface area contributed by atoms with E-state index < -0.39 is 11.8 Å². The summed E-state index contributed by atoms with van der Waals surface area (Å²) < 4.78 is 13.2. The number of hydrogen-bond donors (Lipinski definition) is 1. The lowest BCUT2D eigenvalue weighted by Crippen LogP contribution is -1.91. The molecular formula is C10H8ClFO2. The van der Waals surface area contributed by atoms with Gasteiger partial charge >= 0.3 is 5.97 Å². The number of rotatable bonds is 2. The Morgan fingerprint density at radius 2 is 2.21 bits per heavy atom. The highest BCUT2D eigenvalue weighted by Crippen LogP contribution is 2.22. The normalized spacial score (nSPS) is 10.8. The number of carboxylic acid groups (broad SMARTS) is 1. The first-order chi connectivity index (χ1) is 6.52. The minimum absolute atomic E-state index is 0.208. The molecule has 14 heavy (non-hydrogen) atoms. The van der Waals surface area contributed by atoms with Crippen LogP contribution in [0.4, 0.5) is 4.39 Å². The fourth-order valence-electron chi connectivity index (χ4n) is 1.03. The lowest BCUT2D eigenvalue weighted by Gasteiger charge is -2.03. The Bertz CT molecular complexity index is 399. The van der Waals surface area contributed by atoms with Gasteiger partial charge in [-0.3, -0.25) is 0 Å². The summed E-state index contributed by atoms with van der Waals surface area (Å²) in [4.78, 5) is 10.2. The Labute approximate surface area is 85.6 Å². The number of hydrogen-bond acceptors (Lipinski definition) is 1. The third kappa shape index (κ3) is 2.33. The summed E-state index contributed by atoms with van der Waals surface area (Å²) in [5.74, 6) is -1.60. The zero-order valence-electron chi connectivity index (χ0n) is 7.42. The molecule has 0 fully saturated rings. The van der Waals surface area contributed by atoms with Crippen LogP contribution in [0.3, 0.4) is 0 Å². The molecule has 1 rings (SSSR count). The van der Waals surface area contributed by atoms with E-state index >= 15 is 0 Å². The molecule has 0 saturated heterocycles. The highest BCUT2D eigenvalue weighted by atomic mass is 35.5. The number of carbonyl (C=O) groups is 1. The van der Waals surface area contributed by atoms with E-state index in [1.165, 1.54) is 18.2 Å². The molecule has 0 spiro atoms. The number of aliphatic carboxylic acids is 1. The van der Waals surface area contributed by atoms with Gasteiger partial charge in [0.05, 0.1) is 0 Å². The maximum absolute atomic E-state index is 13.2. The molecule has 0 aliphatic rings. The zero-order chi connectivity index (χ0) is 10.7. The van der Waals surface area contributed by atoms with Crippen LogP contribution in [0.2, 0.25) is 5.02 Å². The second kappa shape index (κ2) is 4.24. The monoisotopic (exact) mass is 214 g/mol. The Hall–Kier alpha value is -1.35. The first-order valence-corrected chi connectivity index (χ1v) is 4.26. The Kier molecular flexibility index (Phi) is 3.25. The summed E-state index contributed by atoms with van der Waals surface area (Å²) in [6.45, 7) is 1.63. The third-order valence-electron chi connectivity index (χ3n) is 1.79. The van der Waals surface area contributed by atoms with Crippen molar-refractivity contribution in [1.82, 2.24) is 0 Å². The Morgan fingerprint density at radius 3 is 2.79 bits per heavy atom. The molecule has 0 atom stereocenters. The van der Waals surface area contributed by atoms with E-state index in [1.807, 2.05) is 0 Å². The van der Waals surface area contributed by atoms with Crippen LogP contribution in [0.1, 0.15) is 11.1 Å². The van der Waals surface area contributed by atoms with E-state index in [2.05, 4.69) is 0 Å². The van der Waals surface area contributed by atoms with Crippen molar-refractivity contribution in [2.75, 3.05) is 0 Å². The third-order valence-corrected chi connectivity index (χ3v) is 2.20. The summed E-state index contributed by atoms with van der Waals surface area (Å²) in [7, 11) is 0. The molecule has 4 heteroatoms. The Morgan fingerprint density at radius 1 is 1.57 bits per heavy atom. The van der Waals surface area contributed by atoms with Crippen molar-refractivity contribution in [3.63, 3.8) is 0 Å². The molecule has 0 heterocycles. The molecule has 0 aromatic heterocycles. The van der Waals surface area contributed by atoms with E-state index in [-0.39, 0.29) is 5.56 Å². The van der Waals surface area contributed by atoms with Crippen molar-refractivity contribution in [2.24, 2.45) is 0 Å². The van der Waals surface area contributed by atoms with Gasteiger partial charge in [0.1, 0.15) is 5.82 Å². The molecule has 0 unspecified atom stereocenters. The van der Waals surface area contributed by atoms with Crippen molar-refractivity contribution in [2.45, 2.75) is 6.92 Å². The molecule has 0 aliphatic heterocycles. The molecule has 0 amide bonds. The maximum Gasteiger partial charge on any atom is 0.328 e. The van der Waals surface area contributed by atoms with Gasteiger partial charge in [0.15, 0.2) is 0 Å². The molecule has 1 aromatic rings. The number of benzene rings is 1. The van der Waals surface area contributed by atoms with Crippen LogP contribution in [0.15, 0.2) is 18.2 Å². The minimum Gasteiger partial charge on any atom is -0.478 e. The average molecular weight is 215 g/mol. The van der Waals surface area contributed by atoms with Gasteiger partial charge < -0.3 is 5.11 Å². The second-order valence-corrected chi connectivity index (χ2v) is 3.15. The van der Waals surface area contributed by atoms with Crippen molar-refractivity contribution >= 4 is 23.6 Å². The first kappa shape index (κ1) is 10.7. The van der Waals surface area contributed by atoms with E-state index in [4.69, 9.17) is 16.7 Å². The van der Waals surface area contributed by atoms with Gasteiger partial charge in [-0.05, 0) is 30.7 Å². The smallest absolute Gasteiger partial charge is 0.328 e. The molecule has 1 N–H and O–H groups in total. The fourth-order valence-corrected chi connectivity index (χ4v) is 1.19. The van der Waals surface area contributed by atoms with Gasteiger partial charge in [0.25, 0.3) is 0 Å². The topological polar surface area (TPSA) is 37.3 Å². The first-order valence-electron chi connectivity index (χ1n) is 3.88. The van der Waals surface area contributed by atoms with Crippen LogP contribution >= 0.6 is 11.6 Å². The lowest BCUT2D eigenvalue weighted by molar-refractivity contribution is -0.131. The van der Waals surface area contributed by atoms with E-state index in [0.29, 0.717) is 10.6 Å². The second-order valence-electron chi connectivity index (χ2n) is 2.74. The van der Waals surface area contributed by atoms with Gasteiger partial charge in [-0.25, -0.2) is 9.18 Å². The number of carboxylic acids is 1. The summed E-state index contributed by atoms with van der Waals surface area (Å²) in [5, 5.41) is 8.80. The van der Waals surface area contributed by atoms with Crippen LogP contribution in [-0.4, -0.2) is 11.1 Å². The van der Waals surface area contributed by atoms with Gasteiger partial charge in [-0.1, -0.05) is 11.6 Å². The van der Waals surface area contributed by atoms with Gasteiger partial charge in [0, 0.05) is 16.7 Å². The predicted molar refractivity (Wildman–Crippen MR) is 52.8 cm³/mol. The predicted octanol–water partition coefficient (Wildman–Crippen LogP) is 2.89. The molecular weight excluding hydrogens is 207 g/mol. The van der Waals surface area contributed by atoms with Crippen LogP contribution < -0.4 is 0 Å². The highest BCUT2D eigenvalue weighted by molar-refractivity contribution is 6.31. The standard InChI is InChI=1S/C10H8ClFO2/c1-6-7(2-5-10(13)14)9(12)4-3-8(6)11/h2-5H,1H3,(H,13,14)/b5-2+. The van der Waals surface area contributed by atoms with E-state index in [9.17, 15) is 9.18 Å². The van der Waals surface area contributed by atoms with Gasteiger partial charge in [0.2, 0.25) is 0 Å². The SMILES string of the molecule is Cc1c(Cl)ccc(F)c1/C=C/C(=O)O. The van der Waals surface area contributed by atoms with Crippen molar-refractivity contribution < 1.29 is 14.3 Å². The zero-order valence-corrected chi connectivity index (χ0v) is 8.18. The minimum atomic E-state index is -1.12. The molecule has 74 valence electrons. The summed E-state index contributed by atoms with van der Waals surface area (Å²) in [5.41, 5.74) is 0.740. The average Bonchev–Trinajstić information content (AvgIpc) is 2.11. The molecule has 0 aliphatic carbocycles. The van der Waals surface area contributed by atoms with E-state index in [0.717, 1.165) is 6.08 Å². The van der Waals surface area contributed by atoms with Crippen molar-refractivity contribution in [3.8, 4) is 0 Å². The summed E-state index contributed by atoms with van der Waals surface area (Å²) >= 11 is 5.75. The van der Waals surface area contributed by atoms with Crippen LogP contribution in [0, 0.1) is 12.7 Å². The highest BCUT2D eigenvalue weighted by Gasteiger charge is 2.05. The Balaban J connectivity index is 3.19. The summed E-state index contributed by atoms with van der Waals surface area (Å²) in [6.07, 6.45) is 2.07. The molecule has 0 saturated carbocycles. The molecule has 1 aromatic carbocycles. The van der Waals surface area contributed by atoms with Crippen LogP contribution in [0.25, 0.3) is 6.08 Å². The molecule has 0 bridgehead atoms. The van der Waals surface area contributed by atoms with Crippen molar-refractivity contribution in [3.05, 3.63) is 40.2 Å². The molecule has 0 radical (unpaired) electrons. The quantitative estimate of drug-likeness (QED) is 0.769. The van der Waals surface area contributed by atoms with Crippen LogP contribution in [0.5, 0.6) is 0 Å². The fraction of sp³-hybridized carbons (Fsp3) is 0.100. The van der Waals surface area contributed by atoms with Crippen LogP contribution in [-0.2, 0) is 4.79 Å². The maximum atomic E-state index is 13.2. The largest absolute Gasteiger partial charge is 0.478 e. The van der Waals surface area contributed by atoms with Crippen molar-refractivity contribution in [1.29, 1.82) is 0 Å². The number of halogens is 2. The van der Waals surface area contributed by atoms with Gasteiger partial charge in [-0.15, -0.1) is 0 Å². The van der Waals surface area contributed by atoms with E-state index in [1.54, 1.807) is 6.92 Å². The molecule has 2 nitrogen and oxygen atoms in total.